The lowest BCUT2D eigenvalue weighted by Crippen LogP contribution is -2.41. The normalized spacial score (nSPS) is 11.8. The van der Waals surface area contributed by atoms with Crippen LogP contribution in [0.15, 0.2) is 54.6 Å². The molecule has 2 aromatic carbocycles. The van der Waals surface area contributed by atoms with E-state index in [9.17, 15) is 14.0 Å². The molecule has 0 fully saturated rings. The highest BCUT2D eigenvalue weighted by atomic mass is 19.1. The fourth-order valence-corrected chi connectivity index (χ4v) is 2.61. The molecule has 0 saturated carbocycles. The minimum absolute atomic E-state index is 0.0883. The maximum Gasteiger partial charge on any atom is 0.239 e. The van der Waals surface area contributed by atoms with Gasteiger partial charge in [0.25, 0.3) is 0 Å². The number of nitrogens with zero attached hydrogens (tertiary/aromatic N) is 1. The minimum Gasteiger partial charge on any atom is -0.353 e. The van der Waals surface area contributed by atoms with Crippen LogP contribution in [-0.2, 0) is 16.0 Å². The first kappa shape index (κ1) is 19.6. The molecule has 0 aliphatic heterocycles. The Kier molecular flexibility index (Phi) is 7.29. The smallest absolute Gasteiger partial charge is 0.239 e. The largest absolute Gasteiger partial charge is 0.353 e. The van der Waals surface area contributed by atoms with Crippen LogP contribution in [0.3, 0.4) is 0 Å². The van der Waals surface area contributed by atoms with Gasteiger partial charge < -0.3 is 15.5 Å². The Balaban J connectivity index is 1.80. The molecule has 1 atom stereocenters. The Hall–Kier alpha value is -2.73. The number of hydrogen-bond donors (Lipinski definition) is 2. The predicted octanol–water partition coefficient (Wildman–Crippen LogP) is 1.90. The zero-order valence-electron chi connectivity index (χ0n) is 15.0. The molecule has 0 bridgehead atoms. The van der Waals surface area contributed by atoms with Gasteiger partial charge in [0.2, 0.25) is 11.8 Å². The van der Waals surface area contributed by atoms with E-state index < -0.39 is 0 Å². The van der Waals surface area contributed by atoms with E-state index in [0.29, 0.717) is 6.54 Å². The second-order valence-corrected chi connectivity index (χ2v) is 6.28. The van der Waals surface area contributed by atoms with Crippen LogP contribution in [0.1, 0.15) is 17.2 Å². The van der Waals surface area contributed by atoms with Crippen LogP contribution in [0, 0.1) is 5.82 Å². The number of benzene rings is 2. The lowest BCUT2D eigenvalue weighted by molar-refractivity contribution is -0.125. The topological polar surface area (TPSA) is 61.4 Å². The van der Waals surface area contributed by atoms with Crippen molar-refractivity contribution in [2.24, 2.45) is 0 Å². The molecule has 0 spiro atoms. The van der Waals surface area contributed by atoms with Crippen molar-refractivity contribution >= 4 is 11.8 Å². The van der Waals surface area contributed by atoms with Gasteiger partial charge in [0.1, 0.15) is 5.82 Å². The Morgan fingerprint density at radius 1 is 1.00 bits per heavy atom. The highest BCUT2D eigenvalue weighted by Crippen LogP contribution is 2.18. The third kappa shape index (κ3) is 6.29. The van der Waals surface area contributed by atoms with E-state index >= 15 is 0 Å². The fraction of sp³-hybridized carbons (Fsp3) is 0.300. The first-order valence-electron chi connectivity index (χ1n) is 8.45. The van der Waals surface area contributed by atoms with Gasteiger partial charge in [0, 0.05) is 6.54 Å². The van der Waals surface area contributed by atoms with E-state index in [2.05, 4.69) is 10.6 Å². The van der Waals surface area contributed by atoms with E-state index in [-0.39, 0.29) is 36.6 Å². The molecular formula is C20H24FN3O2. The third-order valence-electron chi connectivity index (χ3n) is 4.00. The molecule has 1 unspecified atom stereocenters. The van der Waals surface area contributed by atoms with E-state index in [1.165, 1.54) is 12.1 Å². The minimum atomic E-state index is -0.311. The molecule has 2 rings (SSSR count). The molecule has 0 radical (unpaired) electrons. The molecule has 6 heteroatoms. The molecule has 2 N–H and O–H groups in total. The van der Waals surface area contributed by atoms with E-state index in [0.717, 1.165) is 11.1 Å². The van der Waals surface area contributed by atoms with Gasteiger partial charge in [-0.1, -0.05) is 42.5 Å². The average Bonchev–Trinajstić information content (AvgIpc) is 2.61. The fourth-order valence-electron chi connectivity index (χ4n) is 2.61. The number of likely N-dealkylation sites (N-methyl/N-ethyl adjacent to an activating group) is 1. The van der Waals surface area contributed by atoms with Crippen LogP contribution in [0.25, 0.3) is 0 Å². The van der Waals surface area contributed by atoms with Crippen molar-refractivity contribution in [1.29, 1.82) is 0 Å². The summed E-state index contributed by atoms with van der Waals surface area (Å²) in [6.45, 7) is 0.235. The summed E-state index contributed by atoms with van der Waals surface area (Å²) in [4.78, 5) is 25.8. The predicted molar refractivity (Wildman–Crippen MR) is 99.0 cm³/mol. The summed E-state index contributed by atoms with van der Waals surface area (Å²) in [6, 6.07) is 15.5. The van der Waals surface area contributed by atoms with Crippen molar-refractivity contribution in [2.75, 3.05) is 27.2 Å². The number of amides is 2. The maximum absolute atomic E-state index is 13.4. The average molecular weight is 357 g/mol. The Morgan fingerprint density at radius 2 is 1.73 bits per heavy atom. The van der Waals surface area contributed by atoms with Crippen LogP contribution in [0.4, 0.5) is 4.39 Å². The van der Waals surface area contributed by atoms with Crippen LogP contribution in [0.5, 0.6) is 0 Å². The Bertz CT molecular complexity index is 735. The number of carbonyl (C=O) groups excluding carboxylic acids is 2. The summed E-state index contributed by atoms with van der Waals surface area (Å²) >= 11 is 0. The second-order valence-electron chi connectivity index (χ2n) is 6.28. The summed E-state index contributed by atoms with van der Waals surface area (Å²) in [5, 5.41) is 5.39. The van der Waals surface area contributed by atoms with Crippen molar-refractivity contribution in [3.8, 4) is 0 Å². The Morgan fingerprint density at radius 3 is 2.38 bits per heavy atom. The molecule has 0 aliphatic carbocycles. The molecule has 0 aromatic heterocycles. The summed E-state index contributed by atoms with van der Waals surface area (Å²) in [7, 11) is 3.73. The summed E-state index contributed by atoms with van der Waals surface area (Å²) in [5.74, 6) is -0.802. The third-order valence-corrected chi connectivity index (χ3v) is 4.00. The van der Waals surface area contributed by atoms with Crippen LogP contribution < -0.4 is 10.6 Å². The maximum atomic E-state index is 13.4. The van der Waals surface area contributed by atoms with Crippen molar-refractivity contribution in [1.82, 2.24) is 15.5 Å². The zero-order valence-corrected chi connectivity index (χ0v) is 15.0. The van der Waals surface area contributed by atoms with E-state index in [1.54, 1.807) is 6.07 Å². The summed E-state index contributed by atoms with van der Waals surface area (Å²) in [5.41, 5.74) is 1.67. The molecule has 5 nitrogen and oxygen atoms in total. The quantitative estimate of drug-likeness (QED) is 0.759. The molecular weight excluding hydrogens is 333 g/mol. The monoisotopic (exact) mass is 357 g/mol. The first-order valence-corrected chi connectivity index (χ1v) is 8.45. The van der Waals surface area contributed by atoms with Crippen LogP contribution in [-0.4, -0.2) is 43.9 Å². The lowest BCUT2D eigenvalue weighted by atomic mass is 10.1. The number of halogens is 1. The lowest BCUT2D eigenvalue weighted by Gasteiger charge is -2.25. The van der Waals surface area contributed by atoms with E-state index in [1.807, 2.05) is 55.4 Å². The van der Waals surface area contributed by atoms with Gasteiger partial charge in [-0.2, -0.15) is 0 Å². The number of carbonyl (C=O) groups is 2. The van der Waals surface area contributed by atoms with Gasteiger partial charge in [0.15, 0.2) is 0 Å². The number of nitrogens with one attached hydrogen (secondary N) is 2. The van der Waals surface area contributed by atoms with Gasteiger partial charge in [-0.05, 0) is 37.4 Å². The molecule has 0 aliphatic rings. The highest BCUT2D eigenvalue weighted by molar-refractivity contribution is 5.85. The summed E-state index contributed by atoms with van der Waals surface area (Å²) in [6.07, 6.45) is 0.234. The van der Waals surface area contributed by atoms with Crippen molar-refractivity contribution < 1.29 is 14.0 Å². The number of hydrogen-bond acceptors (Lipinski definition) is 3. The van der Waals surface area contributed by atoms with Gasteiger partial charge in [-0.3, -0.25) is 9.59 Å². The SMILES string of the molecule is CN(C)C(CNC(=O)CNC(=O)Cc1ccccc1)c1cccc(F)c1. The summed E-state index contributed by atoms with van der Waals surface area (Å²) < 4.78 is 13.4. The van der Waals surface area contributed by atoms with Gasteiger partial charge in [-0.15, -0.1) is 0 Å². The number of rotatable bonds is 8. The van der Waals surface area contributed by atoms with Crippen LogP contribution in [0.2, 0.25) is 0 Å². The van der Waals surface area contributed by atoms with Crippen LogP contribution >= 0.6 is 0 Å². The first-order chi connectivity index (χ1) is 12.5. The zero-order chi connectivity index (χ0) is 18.9. The standard InChI is InChI=1S/C20H24FN3O2/c1-24(2)18(16-9-6-10-17(21)12-16)13-22-20(26)14-23-19(25)11-15-7-4-3-5-8-15/h3-10,12,18H,11,13-14H2,1-2H3,(H,22,26)(H,23,25). The molecule has 26 heavy (non-hydrogen) atoms. The van der Waals surface area contributed by atoms with Crippen molar-refractivity contribution in [3.63, 3.8) is 0 Å². The van der Waals surface area contributed by atoms with Crippen molar-refractivity contribution in [3.05, 3.63) is 71.5 Å². The molecule has 0 saturated heterocycles. The molecule has 0 heterocycles. The van der Waals surface area contributed by atoms with Gasteiger partial charge >= 0.3 is 0 Å². The van der Waals surface area contributed by atoms with Crippen molar-refractivity contribution in [2.45, 2.75) is 12.5 Å². The van der Waals surface area contributed by atoms with Gasteiger partial charge in [0.05, 0.1) is 19.0 Å². The second kappa shape index (κ2) is 9.68. The molecule has 2 amide bonds. The van der Waals surface area contributed by atoms with Gasteiger partial charge in [-0.25, -0.2) is 4.39 Å². The molecule has 138 valence electrons. The van der Waals surface area contributed by atoms with E-state index in [4.69, 9.17) is 0 Å². The Labute approximate surface area is 153 Å². The highest BCUT2D eigenvalue weighted by Gasteiger charge is 2.16. The molecule has 2 aromatic rings.